The molecule has 3 heterocycles. The van der Waals surface area contributed by atoms with Crippen LogP contribution in [-0.4, -0.2) is 53.3 Å². The van der Waals surface area contributed by atoms with Crippen molar-refractivity contribution in [3.05, 3.63) is 17.7 Å². The number of rotatable bonds is 3. The van der Waals surface area contributed by atoms with E-state index in [-0.39, 0.29) is 0 Å². The monoisotopic (exact) mass is 250 g/mol. The molecule has 18 heavy (non-hydrogen) atoms. The Balaban J connectivity index is 1.67. The van der Waals surface area contributed by atoms with E-state index < -0.39 is 0 Å². The van der Waals surface area contributed by atoms with Gasteiger partial charge in [0.2, 0.25) is 0 Å². The van der Waals surface area contributed by atoms with Crippen molar-refractivity contribution in [1.29, 1.82) is 0 Å². The molecule has 0 radical (unpaired) electrons. The summed E-state index contributed by atoms with van der Waals surface area (Å²) in [4.78, 5) is 6.95. The Bertz CT molecular complexity index is 404. The molecule has 1 aromatic heterocycles. The molecule has 1 unspecified atom stereocenters. The van der Waals surface area contributed by atoms with Crippen LogP contribution in [0.4, 0.5) is 0 Å². The van der Waals surface area contributed by atoms with Gasteiger partial charge in [-0.3, -0.25) is 4.90 Å². The van der Waals surface area contributed by atoms with Crippen LogP contribution in [0.3, 0.4) is 0 Å². The molecule has 1 atom stereocenters. The molecule has 3 rings (SSSR count). The minimum absolute atomic E-state index is 0.312. The van der Waals surface area contributed by atoms with Crippen LogP contribution in [0.1, 0.15) is 18.3 Å². The minimum atomic E-state index is 0.312. The van der Waals surface area contributed by atoms with Crippen LogP contribution in [0.5, 0.6) is 0 Å². The van der Waals surface area contributed by atoms with Crippen molar-refractivity contribution in [1.82, 2.24) is 19.8 Å². The number of fused-ring (bicyclic) bond motifs is 1. The van der Waals surface area contributed by atoms with Crippen LogP contribution >= 0.6 is 0 Å². The van der Waals surface area contributed by atoms with E-state index in [0.29, 0.717) is 6.10 Å². The third-order valence-corrected chi connectivity index (χ3v) is 3.93. The zero-order valence-corrected chi connectivity index (χ0v) is 11.1. The summed E-state index contributed by atoms with van der Waals surface area (Å²) in [6.45, 7) is 9.22. The second kappa shape index (κ2) is 5.38. The molecule has 1 saturated heterocycles. The maximum absolute atomic E-state index is 5.87. The van der Waals surface area contributed by atoms with Gasteiger partial charge in [0.25, 0.3) is 0 Å². The average Bonchev–Trinajstić information content (AvgIpc) is 2.83. The number of aromatic nitrogens is 2. The van der Waals surface area contributed by atoms with Crippen molar-refractivity contribution in [3.63, 3.8) is 0 Å². The molecule has 0 aliphatic carbocycles. The zero-order valence-electron chi connectivity index (χ0n) is 11.1. The molecular formula is C13H22N4O. The highest BCUT2D eigenvalue weighted by molar-refractivity contribution is 5.16. The molecule has 0 spiro atoms. The molecule has 0 amide bonds. The Kier molecular flexibility index (Phi) is 3.63. The van der Waals surface area contributed by atoms with Crippen molar-refractivity contribution in [2.45, 2.75) is 32.5 Å². The Morgan fingerprint density at radius 2 is 2.50 bits per heavy atom. The average molecular weight is 250 g/mol. The molecule has 100 valence electrons. The first-order valence-corrected chi connectivity index (χ1v) is 6.94. The van der Waals surface area contributed by atoms with Crippen LogP contribution < -0.4 is 5.32 Å². The maximum atomic E-state index is 5.87. The summed E-state index contributed by atoms with van der Waals surface area (Å²) in [5.74, 6) is 0. The van der Waals surface area contributed by atoms with Crippen molar-refractivity contribution in [2.75, 3.05) is 32.8 Å². The summed E-state index contributed by atoms with van der Waals surface area (Å²) in [7, 11) is 0. The highest BCUT2D eigenvalue weighted by atomic mass is 16.5. The first-order valence-electron chi connectivity index (χ1n) is 6.94. The van der Waals surface area contributed by atoms with E-state index in [4.69, 9.17) is 4.74 Å². The number of likely N-dealkylation sites (N-methyl/N-ethyl adjacent to an activating group) is 1. The van der Waals surface area contributed by atoms with E-state index in [9.17, 15) is 0 Å². The summed E-state index contributed by atoms with van der Waals surface area (Å²) >= 11 is 0. The van der Waals surface area contributed by atoms with E-state index in [0.717, 1.165) is 52.3 Å². The summed E-state index contributed by atoms with van der Waals surface area (Å²) in [6, 6.07) is 0. The van der Waals surface area contributed by atoms with Gasteiger partial charge in [0.05, 0.1) is 31.3 Å². The van der Waals surface area contributed by atoms with Gasteiger partial charge in [-0.05, 0) is 6.54 Å². The quantitative estimate of drug-likeness (QED) is 0.835. The van der Waals surface area contributed by atoms with E-state index >= 15 is 0 Å². The van der Waals surface area contributed by atoms with E-state index in [2.05, 4.69) is 26.7 Å². The normalized spacial score (nSPS) is 25.1. The lowest BCUT2D eigenvalue weighted by molar-refractivity contribution is -0.0346. The molecule has 5 heteroatoms. The first-order chi connectivity index (χ1) is 8.86. The Labute approximate surface area is 108 Å². The van der Waals surface area contributed by atoms with Gasteiger partial charge in [-0.1, -0.05) is 6.92 Å². The minimum Gasteiger partial charge on any atom is -0.374 e. The number of morpholine rings is 1. The van der Waals surface area contributed by atoms with Crippen LogP contribution in [-0.2, 0) is 24.2 Å². The Morgan fingerprint density at radius 3 is 3.39 bits per heavy atom. The molecule has 2 aliphatic heterocycles. The fourth-order valence-electron chi connectivity index (χ4n) is 2.85. The third kappa shape index (κ3) is 2.43. The summed E-state index contributed by atoms with van der Waals surface area (Å²) in [5, 5.41) is 3.36. The third-order valence-electron chi connectivity index (χ3n) is 3.93. The standard InChI is InChI=1S/C13H22N4O/c1-2-16-5-6-18-11(8-16)9-17-10-15-12-7-14-4-3-13(12)17/h10-11,14H,2-9H2,1H3. The topological polar surface area (TPSA) is 42.3 Å². The summed E-state index contributed by atoms with van der Waals surface area (Å²) in [5.41, 5.74) is 2.61. The highest BCUT2D eigenvalue weighted by Gasteiger charge is 2.22. The van der Waals surface area contributed by atoms with Crippen molar-refractivity contribution in [3.8, 4) is 0 Å². The first kappa shape index (κ1) is 12.1. The van der Waals surface area contributed by atoms with Crippen LogP contribution in [0.25, 0.3) is 0 Å². The van der Waals surface area contributed by atoms with Gasteiger partial charge in [-0.25, -0.2) is 4.98 Å². The molecule has 5 nitrogen and oxygen atoms in total. The molecule has 0 saturated carbocycles. The molecule has 0 bridgehead atoms. The largest absolute Gasteiger partial charge is 0.374 e. The number of nitrogens with one attached hydrogen (secondary N) is 1. The van der Waals surface area contributed by atoms with Gasteiger partial charge >= 0.3 is 0 Å². The van der Waals surface area contributed by atoms with Gasteiger partial charge in [0.15, 0.2) is 0 Å². The molecular weight excluding hydrogens is 228 g/mol. The number of ether oxygens (including phenoxy) is 1. The zero-order chi connectivity index (χ0) is 12.4. The Morgan fingerprint density at radius 1 is 1.56 bits per heavy atom. The second-order valence-corrected chi connectivity index (χ2v) is 5.10. The summed E-state index contributed by atoms with van der Waals surface area (Å²) in [6.07, 6.45) is 3.37. The molecule has 1 N–H and O–H groups in total. The van der Waals surface area contributed by atoms with Crippen LogP contribution in [0.15, 0.2) is 6.33 Å². The molecule has 0 aromatic carbocycles. The maximum Gasteiger partial charge on any atom is 0.0953 e. The second-order valence-electron chi connectivity index (χ2n) is 5.10. The lowest BCUT2D eigenvalue weighted by Crippen LogP contribution is -2.44. The van der Waals surface area contributed by atoms with Gasteiger partial charge in [0, 0.05) is 38.3 Å². The predicted molar refractivity (Wildman–Crippen MR) is 69.5 cm³/mol. The van der Waals surface area contributed by atoms with Gasteiger partial charge in [-0.2, -0.15) is 0 Å². The lowest BCUT2D eigenvalue weighted by atomic mass is 10.1. The van der Waals surface area contributed by atoms with E-state index in [1.165, 1.54) is 11.4 Å². The number of nitrogens with zero attached hydrogens (tertiary/aromatic N) is 3. The van der Waals surface area contributed by atoms with Crippen molar-refractivity contribution in [2.24, 2.45) is 0 Å². The number of hydrogen-bond acceptors (Lipinski definition) is 4. The number of hydrogen-bond donors (Lipinski definition) is 1. The summed E-state index contributed by atoms with van der Waals surface area (Å²) < 4.78 is 8.16. The highest BCUT2D eigenvalue weighted by Crippen LogP contribution is 2.15. The Hall–Kier alpha value is -0.910. The van der Waals surface area contributed by atoms with Gasteiger partial charge < -0.3 is 14.6 Å². The van der Waals surface area contributed by atoms with Crippen molar-refractivity contribution >= 4 is 0 Å². The molecule has 1 aromatic rings. The number of imidazole rings is 1. The van der Waals surface area contributed by atoms with Crippen molar-refractivity contribution < 1.29 is 4.74 Å². The van der Waals surface area contributed by atoms with Gasteiger partial charge in [-0.15, -0.1) is 0 Å². The van der Waals surface area contributed by atoms with Crippen LogP contribution in [0, 0.1) is 0 Å². The van der Waals surface area contributed by atoms with Gasteiger partial charge in [0.1, 0.15) is 0 Å². The lowest BCUT2D eigenvalue weighted by Gasteiger charge is -2.32. The SMILES string of the molecule is CCN1CCOC(Cn2cnc3c2CCNC3)C1. The fourth-order valence-corrected chi connectivity index (χ4v) is 2.85. The molecule has 2 aliphatic rings. The van der Waals surface area contributed by atoms with E-state index in [1.54, 1.807) is 0 Å². The smallest absolute Gasteiger partial charge is 0.0953 e. The van der Waals surface area contributed by atoms with E-state index in [1.807, 2.05) is 6.33 Å². The van der Waals surface area contributed by atoms with Crippen LogP contribution in [0.2, 0.25) is 0 Å². The fraction of sp³-hybridized carbons (Fsp3) is 0.769. The molecule has 1 fully saturated rings. The predicted octanol–water partition coefficient (Wildman–Crippen LogP) is 0.250.